The number of hydrogen-bond acceptors (Lipinski definition) is 4. The fourth-order valence-corrected chi connectivity index (χ4v) is 2.05. The average Bonchev–Trinajstić information content (AvgIpc) is 2.67. The Morgan fingerprint density at radius 3 is 2.88 bits per heavy atom. The van der Waals surface area contributed by atoms with Gasteiger partial charge < -0.3 is 5.11 Å². The molecule has 2 aromatic rings. The first kappa shape index (κ1) is 9.31. The minimum absolute atomic E-state index is 0.212. The monoisotopic (exact) mass is 214 g/mol. The quantitative estimate of drug-likeness (QED) is 0.763. The van der Waals surface area contributed by atoms with Crippen molar-refractivity contribution in [3.63, 3.8) is 0 Å². The van der Waals surface area contributed by atoms with Crippen molar-refractivity contribution in [2.45, 2.75) is 24.9 Å². The van der Waals surface area contributed by atoms with Crippen LogP contribution in [0.3, 0.4) is 0 Å². The molecule has 1 N–H and O–H groups in total. The topological polar surface area (TPSA) is 74.2 Å². The van der Waals surface area contributed by atoms with Crippen molar-refractivity contribution < 1.29 is 5.11 Å². The summed E-state index contributed by atoms with van der Waals surface area (Å²) < 4.78 is 1.84. The van der Waals surface area contributed by atoms with E-state index in [1.807, 2.05) is 4.40 Å². The van der Waals surface area contributed by atoms with Crippen molar-refractivity contribution in [1.82, 2.24) is 14.6 Å². The normalized spacial score (nSPS) is 24.0. The number of aliphatic hydroxyl groups is 1. The second-order valence-corrected chi connectivity index (χ2v) is 4.14. The molecule has 5 heteroatoms. The van der Waals surface area contributed by atoms with Crippen LogP contribution < -0.4 is 0 Å². The number of hydrogen-bond donors (Lipinski definition) is 1. The van der Waals surface area contributed by atoms with E-state index >= 15 is 0 Å². The molecule has 5 nitrogen and oxygen atoms in total. The standard InChI is InChI=1S/C11H10N4O/c12-5-7-1-2-10-13-14-11(15(10)6-7)8-3-9(16)4-8/h1-2,6,8-9,16H,3-4H2. The van der Waals surface area contributed by atoms with Gasteiger partial charge in [0.2, 0.25) is 0 Å². The zero-order valence-electron chi connectivity index (χ0n) is 8.54. The molecule has 0 amide bonds. The van der Waals surface area contributed by atoms with E-state index in [0.29, 0.717) is 5.56 Å². The van der Waals surface area contributed by atoms with Crippen molar-refractivity contribution >= 4 is 5.65 Å². The summed E-state index contributed by atoms with van der Waals surface area (Å²) in [7, 11) is 0. The Bertz CT molecular complexity index is 577. The van der Waals surface area contributed by atoms with E-state index < -0.39 is 0 Å². The van der Waals surface area contributed by atoms with Crippen LogP contribution >= 0.6 is 0 Å². The highest BCUT2D eigenvalue weighted by molar-refractivity contribution is 5.43. The lowest BCUT2D eigenvalue weighted by atomic mass is 9.82. The van der Waals surface area contributed by atoms with Crippen LogP contribution in [0.1, 0.15) is 30.1 Å². The zero-order chi connectivity index (χ0) is 11.1. The van der Waals surface area contributed by atoms with Crippen molar-refractivity contribution in [2.24, 2.45) is 0 Å². The maximum absolute atomic E-state index is 9.28. The fraction of sp³-hybridized carbons (Fsp3) is 0.364. The van der Waals surface area contributed by atoms with E-state index in [-0.39, 0.29) is 12.0 Å². The molecule has 2 aromatic heterocycles. The molecule has 16 heavy (non-hydrogen) atoms. The lowest BCUT2D eigenvalue weighted by Crippen LogP contribution is -2.27. The van der Waals surface area contributed by atoms with Crippen molar-refractivity contribution in [2.75, 3.05) is 0 Å². The minimum Gasteiger partial charge on any atom is -0.393 e. The van der Waals surface area contributed by atoms with E-state index in [9.17, 15) is 5.11 Å². The molecule has 0 radical (unpaired) electrons. The average molecular weight is 214 g/mol. The van der Waals surface area contributed by atoms with Crippen LogP contribution in [0, 0.1) is 11.3 Å². The van der Waals surface area contributed by atoms with Crippen molar-refractivity contribution in [1.29, 1.82) is 5.26 Å². The highest BCUT2D eigenvalue weighted by atomic mass is 16.3. The van der Waals surface area contributed by atoms with E-state index in [0.717, 1.165) is 24.3 Å². The van der Waals surface area contributed by atoms with Gasteiger partial charge in [-0.05, 0) is 25.0 Å². The first-order chi connectivity index (χ1) is 7.78. The molecule has 1 saturated carbocycles. The smallest absolute Gasteiger partial charge is 0.160 e. The van der Waals surface area contributed by atoms with Crippen LogP contribution in [0.2, 0.25) is 0 Å². The van der Waals surface area contributed by atoms with Crippen molar-refractivity contribution in [3.05, 3.63) is 29.7 Å². The molecule has 1 fully saturated rings. The van der Waals surface area contributed by atoms with Gasteiger partial charge >= 0.3 is 0 Å². The lowest BCUT2D eigenvalue weighted by molar-refractivity contribution is 0.0713. The van der Waals surface area contributed by atoms with Crippen LogP contribution in [-0.4, -0.2) is 25.8 Å². The summed E-state index contributed by atoms with van der Waals surface area (Å²) in [6, 6.07) is 5.60. The predicted molar refractivity (Wildman–Crippen MR) is 55.7 cm³/mol. The Kier molecular flexibility index (Phi) is 1.91. The molecule has 1 aliphatic rings. The second kappa shape index (κ2) is 3.29. The third-order valence-electron chi connectivity index (χ3n) is 3.04. The Morgan fingerprint density at radius 1 is 1.38 bits per heavy atom. The molecule has 0 saturated heterocycles. The van der Waals surface area contributed by atoms with Crippen molar-refractivity contribution in [3.8, 4) is 6.07 Å². The molecular weight excluding hydrogens is 204 g/mol. The van der Waals surface area contributed by atoms with Gasteiger partial charge in [-0.25, -0.2) is 0 Å². The predicted octanol–water partition coefficient (Wildman–Crippen LogP) is 0.839. The number of aromatic nitrogens is 3. The summed E-state index contributed by atoms with van der Waals surface area (Å²) in [4.78, 5) is 0. The van der Waals surface area contributed by atoms with Gasteiger partial charge in [0, 0.05) is 12.1 Å². The number of fused-ring (bicyclic) bond motifs is 1. The third-order valence-corrected chi connectivity index (χ3v) is 3.04. The molecule has 0 aromatic carbocycles. The maximum atomic E-state index is 9.28. The molecular formula is C11H10N4O. The SMILES string of the molecule is N#Cc1ccc2nnc(C3CC(O)C3)n2c1. The molecule has 80 valence electrons. The van der Waals surface area contributed by atoms with Gasteiger partial charge in [0.05, 0.1) is 11.7 Å². The first-order valence-electron chi connectivity index (χ1n) is 5.21. The molecule has 3 rings (SSSR count). The number of nitrogens with zero attached hydrogens (tertiary/aromatic N) is 4. The Labute approximate surface area is 92.0 Å². The lowest BCUT2D eigenvalue weighted by Gasteiger charge is -2.29. The Balaban J connectivity index is 2.08. The minimum atomic E-state index is -0.212. The van der Waals surface area contributed by atoms with Gasteiger partial charge in [0.25, 0.3) is 0 Å². The van der Waals surface area contributed by atoms with Gasteiger partial charge in [-0.3, -0.25) is 4.40 Å². The number of nitriles is 1. The number of pyridine rings is 1. The summed E-state index contributed by atoms with van der Waals surface area (Å²) in [5, 5.41) is 26.3. The molecule has 0 spiro atoms. The first-order valence-corrected chi connectivity index (χ1v) is 5.21. The van der Waals surface area contributed by atoms with Gasteiger partial charge in [0.1, 0.15) is 11.9 Å². The zero-order valence-corrected chi connectivity index (χ0v) is 8.54. The highest BCUT2D eigenvalue weighted by Crippen LogP contribution is 2.35. The van der Waals surface area contributed by atoms with E-state index in [2.05, 4.69) is 16.3 Å². The third kappa shape index (κ3) is 1.27. The summed E-state index contributed by atoms with van der Waals surface area (Å²) in [6.07, 6.45) is 3.00. The molecule has 0 atom stereocenters. The van der Waals surface area contributed by atoms with Crippen LogP contribution in [0.4, 0.5) is 0 Å². The number of aliphatic hydroxyl groups excluding tert-OH is 1. The summed E-state index contributed by atoms with van der Waals surface area (Å²) in [6.45, 7) is 0. The fourth-order valence-electron chi connectivity index (χ4n) is 2.05. The van der Waals surface area contributed by atoms with E-state index in [1.54, 1.807) is 18.3 Å². The van der Waals surface area contributed by atoms with Gasteiger partial charge in [0.15, 0.2) is 5.65 Å². The highest BCUT2D eigenvalue weighted by Gasteiger charge is 2.32. The molecule has 0 aliphatic heterocycles. The maximum Gasteiger partial charge on any atom is 0.160 e. The van der Waals surface area contributed by atoms with Gasteiger partial charge in [-0.15, -0.1) is 10.2 Å². The second-order valence-electron chi connectivity index (χ2n) is 4.14. The van der Waals surface area contributed by atoms with Crippen LogP contribution in [0.15, 0.2) is 18.3 Å². The molecule has 2 heterocycles. The molecule has 1 aliphatic carbocycles. The Hall–Kier alpha value is -1.93. The van der Waals surface area contributed by atoms with Gasteiger partial charge in [-0.1, -0.05) is 0 Å². The summed E-state index contributed by atoms with van der Waals surface area (Å²) >= 11 is 0. The molecule has 0 unspecified atom stereocenters. The van der Waals surface area contributed by atoms with E-state index in [1.165, 1.54) is 0 Å². The van der Waals surface area contributed by atoms with Crippen LogP contribution in [-0.2, 0) is 0 Å². The number of rotatable bonds is 1. The van der Waals surface area contributed by atoms with Gasteiger partial charge in [-0.2, -0.15) is 5.26 Å². The summed E-state index contributed by atoms with van der Waals surface area (Å²) in [5.41, 5.74) is 1.34. The molecule has 0 bridgehead atoms. The van der Waals surface area contributed by atoms with E-state index in [4.69, 9.17) is 5.26 Å². The summed E-state index contributed by atoms with van der Waals surface area (Å²) in [5.74, 6) is 1.11. The Morgan fingerprint density at radius 2 is 2.19 bits per heavy atom. The largest absolute Gasteiger partial charge is 0.393 e. The van der Waals surface area contributed by atoms with Crippen LogP contribution in [0.5, 0.6) is 0 Å². The van der Waals surface area contributed by atoms with Crippen LogP contribution in [0.25, 0.3) is 5.65 Å².